The summed E-state index contributed by atoms with van der Waals surface area (Å²) in [6.07, 6.45) is 5.12. The number of nitrogens with one attached hydrogen (secondary N) is 2. The first-order valence-corrected chi connectivity index (χ1v) is 8.63. The number of amides is 1. The Hall–Kier alpha value is -2.28. The second kappa shape index (κ2) is 8.01. The zero-order chi connectivity index (χ0) is 17.6. The third-order valence-corrected chi connectivity index (χ3v) is 4.48. The summed E-state index contributed by atoms with van der Waals surface area (Å²) in [5.74, 6) is 0.572. The first kappa shape index (κ1) is 18.1. The highest BCUT2D eigenvalue weighted by Crippen LogP contribution is 2.27. The van der Waals surface area contributed by atoms with E-state index in [1.54, 1.807) is 23.6 Å². The van der Waals surface area contributed by atoms with Crippen molar-refractivity contribution >= 4 is 29.1 Å². The monoisotopic (exact) mass is 345 g/mol. The number of hydrogen-bond donors (Lipinski definition) is 2. The molecular weight excluding hydrogens is 322 g/mol. The van der Waals surface area contributed by atoms with Crippen molar-refractivity contribution in [3.8, 4) is 0 Å². The molecule has 24 heavy (non-hydrogen) atoms. The maximum Gasteiger partial charge on any atom is 0.244 e. The van der Waals surface area contributed by atoms with E-state index in [4.69, 9.17) is 0 Å². The number of nitrogens with zero attached hydrogens (tertiary/aromatic N) is 3. The average molecular weight is 345 g/mol. The molecule has 0 spiro atoms. The number of rotatable bonds is 6. The number of thiazole rings is 1. The van der Waals surface area contributed by atoms with Crippen molar-refractivity contribution < 1.29 is 4.79 Å². The van der Waals surface area contributed by atoms with Crippen LogP contribution >= 0.6 is 11.3 Å². The zero-order valence-electron chi connectivity index (χ0n) is 14.5. The van der Waals surface area contributed by atoms with Gasteiger partial charge >= 0.3 is 0 Å². The third kappa shape index (κ3) is 5.73. The molecule has 2 heterocycles. The highest BCUT2D eigenvalue weighted by molar-refractivity contribution is 7.12. The number of aryl methyl sites for hydroxylation is 1. The minimum absolute atomic E-state index is 0.0313. The predicted molar refractivity (Wildman–Crippen MR) is 98.1 cm³/mol. The molecule has 128 valence electrons. The zero-order valence-corrected chi connectivity index (χ0v) is 15.3. The Balaban J connectivity index is 1.73. The molecule has 1 amide bonds. The van der Waals surface area contributed by atoms with Crippen molar-refractivity contribution in [3.63, 3.8) is 0 Å². The van der Waals surface area contributed by atoms with E-state index in [2.05, 4.69) is 46.6 Å². The van der Waals surface area contributed by atoms with E-state index in [9.17, 15) is 4.79 Å². The molecule has 0 saturated carbocycles. The molecule has 7 heteroatoms. The minimum atomic E-state index is -0.127. The Labute approximate surface area is 146 Å². The summed E-state index contributed by atoms with van der Waals surface area (Å²) >= 11 is 1.60. The number of hydrogen-bond acceptors (Lipinski definition) is 6. The van der Waals surface area contributed by atoms with Gasteiger partial charge in [-0.1, -0.05) is 20.8 Å². The summed E-state index contributed by atoms with van der Waals surface area (Å²) < 4.78 is 0. The maximum atomic E-state index is 11.8. The number of carbonyl (C=O) groups excluding carboxylic acids is 1. The smallest absolute Gasteiger partial charge is 0.244 e. The van der Waals surface area contributed by atoms with Gasteiger partial charge in [-0.15, -0.1) is 16.4 Å². The van der Waals surface area contributed by atoms with Gasteiger partial charge in [0.1, 0.15) is 5.82 Å². The SMILES string of the molecule is Cc1ccc(NCCNC(=O)/C=C/c2cnc(C(C)(C)C)s2)nn1. The van der Waals surface area contributed by atoms with E-state index < -0.39 is 0 Å². The standard InChI is InChI=1S/C17H23N5OS/c1-12-5-7-14(22-21-12)18-9-10-19-15(23)8-6-13-11-20-16(24-13)17(2,3)4/h5-8,11H,9-10H2,1-4H3,(H,18,22)(H,19,23)/b8-6+. The lowest BCUT2D eigenvalue weighted by atomic mass is 9.98. The van der Waals surface area contributed by atoms with E-state index in [0.29, 0.717) is 18.9 Å². The average Bonchev–Trinajstić information content (AvgIpc) is 3.00. The van der Waals surface area contributed by atoms with Crippen LogP contribution in [-0.2, 0) is 10.2 Å². The second-order valence-electron chi connectivity index (χ2n) is 6.43. The molecule has 0 aliphatic rings. The maximum absolute atomic E-state index is 11.8. The Kier molecular flexibility index (Phi) is 6.03. The lowest BCUT2D eigenvalue weighted by Crippen LogP contribution is -2.27. The Morgan fingerprint density at radius 2 is 2.04 bits per heavy atom. The van der Waals surface area contributed by atoms with E-state index >= 15 is 0 Å². The van der Waals surface area contributed by atoms with Crippen molar-refractivity contribution in [2.75, 3.05) is 18.4 Å². The van der Waals surface area contributed by atoms with Gasteiger partial charge in [-0.2, -0.15) is 5.10 Å². The summed E-state index contributed by atoms with van der Waals surface area (Å²) in [6.45, 7) is 9.35. The fourth-order valence-corrected chi connectivity index (χ4v) is 2.67. The Morgan fingerprint density at radius 3 is 2.67 bits per heavy atom. The first-order chi connectivity index (χ1) is 11.3. The molecule has 2 rings (SSSR count). The van der Waals surface area contributed by atoms with Gasteiger partial charge in [0.2, 0.25) is 5.91 Å². The van der Waals surface area contributed by atoms with Crippen molar-refractivity contribution in [3.05, 3.63) is 40.0 Å². The molecule has 0 bridgehead atoms. The number of carbonyl (C=O) groups is 1. The molecular formula is C17H23N5OS. The van der Waals surface area contributed by atoms with Crippen LogP contribution in [0.1, 0.15) is 36.3 Å². The van der Waals surface area contributed by atoms with Crippen LogP contribution < -0.4 is 10.6 Å². The van der Waals surface area contributed by atoms with Gasteiger partial charge < -0.3 is 10.6 Å². The van der Waals surface area contributed by atoms with Crippen molar-refractivity contribution in [2.45, 2.75) is 33.1 Å². The van der Waals surface area contributed by atoms with E-state index in [0.717, 1.165) is 15.6 Å². The third-order valence-electron chi connectivity index (χ3n) is 3.09. The van der Waals surface area contributed by atoms with Crippen LogP contribution in [0, 0.1) is 6.92 Å². The van der Waals surface area contributed by atoms with Gasteiger partial charge in [0.05, 0.1) is 10.7 Å². The van der Waals surface area contributed by atoms with Crippen molar-refractivity contribution in [2.24, 2.45) is 0 Å². The predicted octanol–water partition coefficient (Wildman–Crippen LogP) is 2.78. The highest BCUT2D eigenvalue weighted by Gasteiger charge is 2.17. The molecule has 0 radical (unpaired) electrons. The summed E-state index contributed by atoms with van der Waals surface area (Å²) in [5, 5.41) is 14.9. The number of anilines is 1. The molecule has 0 fully saturated rings. The first-order valence-electron chi connectivity index (χ1n) is 7.81. The lowest BCUT2D eigenvalue weighted by molar-refractivity contribution is -0.116. The summed E-state index contributed by atoms with van der Waals surface area (Å²) in [6, 6.07) is 3.75. The molecule has 0 saturated heterocycles. The van der Waals surface area contributed by atoms with Crippen LogP contribution in [0.4, 0.5) is 5.82 Å². The fourth-order valence-electron chi connectivity index (χ4n) is 1.80. The molecule has 6 nitrogen and oxygen atoms in total. The molecule has 0 aromatic carbocycles. The van der Waals surface area contributed by atoms with Gasteiger partial charge in [0, 0.05) is 35.7 Å². The van der Waals surface area contributed by atoms with Gasteiger partial charge in [-0.3, -0.25) is 4.79 Å². The van der Waals surface area contributed by atoms with Gasteiger partial charge in [0.25, 0.3) is 0 Å². The quantitative estimate of drug-likeness (QED) is 0.622. The summed E-state index contributed by atoms with van der Waals surface area (Å²) in [4.78, 5) is 17.2. The minimum Gasteiger partial charge on any atom is -0.367 e. The highest BCUT2D eigenvalue weighted by atomic mass is 32.1. The molecule has 2 aromatic heterocycles. The lowest BCUT2D eigenvalue weighted by Gasteiger charge is -2.13. The molecule has 0 aliphatic carbocycles. The molecule has 0 unspecified atom stereocenters. The van der Waals surface area contributed by atoms with Crippen LogP contribution in [0.15, 0.2) is 24.4 Å². The fraction of sp³-hybridized carbons (Fsp3) is 0.412. The summed E-state index contributed by atoms with van der Waals surface area (Å²) in [5.41, 5.74) is 0.903. The Morgan fingerprint density at radius 1 is 1.25 bits per heavy atom. The largest absolute Gasteiger partial charge is 0.367 e. The second-order valence-corrected chi connectivity index (χ2v) is 7.49. The molecule has 2 N–H and O–H groups in total. The van der Waals surface area contributed by atoms with Crippen LogP contribution in [0.5, 0.6) is 0 Å². The van der Waals surface area contributed by atoms with Crippen LogP contribution in [0.2, 0.25) is 0 Å². The van der Waals surface area contributed by atoms with E-state index in [-0.39, 0.29) is 11.3 Å². The van der Waals surface area contributed by atoms with Crippen molar-refractivity contribution in [1.82, 2.24) is 20.5 Å². The Bertz CT molecular complexity index is 701. The van der Waals surface area contributed by atoms with Gasteiger partial charge in [-0.25, -0.2) is 4.98 Å². The van der Waals surface area contributed by atoms with Crippen LogP contribution in [0.25, 0.3) is 6.08 Å². The molecule has 0 atom stereocenters. The molecule has 2 aromatic rings. The van der Waals surface area contributed by atoms with Crippen LogP contribution in [-0.4, -0.2) is 34.2 Å². The number of aromatic nitrogens is 3. The van der Waals surface area contributed by atoms with Crippen LogP contribution in [0.3, 0.4) is 0 Å². The van der Waals surface area contributed by atoms with E-state index in [1.165, 1.54) is 6.08 Å². The topological polar surface area (TPSA) is 79.8 Å². The summed E-state index contributed by atoms with van der Waals surface area (Å²) in [7, 11) is 0. The normalized spacial score (nSPS) is 11.7. The van der Waals surface area contributed by atoms with Gasteiger partial charge in [-0.05, 0) is 25.1 Å². The van der Waals surface area contributed by atoms with Gasteiger partial charge in [0.15, 0.2) is 0 Å². The molecule has 0 aliphatic heterocycles. The van der Waals surface area contributed by atoms with E-state index in [1.807, 2.05) is 19.1 Å². The van der Waals surface area contributed by atoms with Crippen molar-refractivity contribution in [1.29, 1.82) is 0 Å².